The molecule has 0 atom stereocenters. The molecule has 0 bridgehead atoms. The molecular weight excluding hydrogens is 244 g/mol. The van der Waals surface area contributed by atoms with Crippen LogP contribution in [-0.2, 0) is 5.75 Å². The molecule has 62 valence electrons. The quantitative estimate of drug-likeness (QED) is 0.832. The molecule has 0 aliphatic carbocycles. The number of rotatable bonds is 4. The second kappa shape index (κ2) is 5.19. The van der Waals surface area contributed by atoms with Crippen LogP contribution in [0.25, 0.3) is 0 Å². The maximum Gasteiger partial charge on any atom is 0.0701 e. The number of hydrogen-bond donors (Lipinski definition) is 1. The summed E-state index contributed by atoms with van der Waals surface area (Å²) >= 11 is 6.86. The summed E-state index contributed by atoms with van der Waals surface area (Å²) in [5, 5.41) is 10.7. The molecule has 0 radical (unpaired) electrons. The predicted octanol–water partition coefficient (Wildman–Crippen LogP) is 2.74. The number of aliphatic hydroxyl groups excluding tert-OH is 1. The van der Waals surface area contributed by atoms with Gasteiger partial charge in [-0.05, 0) is 32.9 Å². The maximum absolute atomic E-state index is 8.52. The average molecular weight is 253 g/mol. The first-order valence-corrected chi connectivity index (χ1v) is 6.07. The Morgan fingerprint density at radius 1 is 1.64 bits per heavy atom. The zero-order chi connectivity index (χ0) is 8.10. The highest BCUT2D eigenvalue weighted by Gasteiger charge is 1.96. The lowest BCUT2D eigenvalue weighted by Crippen LogP contribution is -1.85. The van der Waals surface area contributed by atoms with E-state index in [2.05, 4.69) is 27.4 Å². The van der Waals surface area contributed by atoms with Crippen LogP contribution in [0.3, 0.4) is 0 Å². The fraction of sp³-hybridized carbons (Fsp3) is 0.429. The Hall–Kier alpha value is 0.490. The van der Waals surface area contributed by atoms with Gasteiger partial charge in [-0.3, -0.25) is 0 Å². The van der Waals surface area contributed by atoms with Crippen molar-refractivity contribution in [2.24, 2.45) is 0 Å². The Morgan fingerprint density at radius 2 is 2.45 bits per heavy atom. The first-order chi connectivity index (χ1) is 5.33. The Morgan fingerprint density at radius 3 is 3.00 bits per heavy atom. The molecule has 0 fully saturated rings. The molecule has 4 heteroatoms. The van der Waals surface area contributed by atoms with Crippen LogP contribution in [-0.4, -0.2) is 17.5 Å². The predicted molar refractivity (Wildman–Crippen MR) is 55.3 cm³/mol. The molecule has 1 aromatic rings. The summed E-state index contributed by atoms with van der Waals surface area (Å²) < 4.78 is 1.18. The standard InChI is InChI=1S/C7H9BrOS2/c8-7-3-6(5-11-7)4-10-2-1-9/h3,5,9H,1-2,4H2. The minimum absolute atomic E-state index is 0.274. The highest BCUT2D eigenvalue weighted by atomic mass is 79.9. The lowest BCUT2D eigenvalue weighted by atomic mass is 10.4. The van der Waals surface area contributed by atoms with Gasteiger partial charge in [-0.1, -0.05) is 0 Å². The van der Waals surface area contributed by atoms with E-state index in [0.717, 1.165) is 11.5 Å². The van der Waals surface area contributed by atoms with Gasteiger partial charge in [0.25, 0.3) is 0 Å². The van der Waals surface area contributed by atoms with Gasteiger partial charge in [0, 0.05) is 11.5 Å². The van der Waals surface area contributed by atoms with Crippen molar-refractivity contribution >= 4 is 39.0 Å². The molecule has 0 saturated carbocycles. The van der Waals surface area contributed by atoms with Crippen molar-refractivity contribution in [1.29, 1.82) is 0 Å². The Labute approximate surface area is 83.0 Å². The number of hydrogen-bond acceptors (Lipinski definition) is 3. The van der Waals surface area contributed by atoms with Gasteiger partial charge in [0.2, 0.25) is 0 Å². The normalized spacial score (nSPS) is 10.4. The van der Waals surface area contributed by atoms with Crippen LogP contribution < -0.4 is 0 Å². The van der Waals surface area contributed by atoms with E-state index in [-0.39, 0.29) is 6.61 Å². The van der Waals surface area contributed by atoms with Gasteiger partial charge in [-0.25, -0.2) is 0 Å². The van der Waals surface area contributed by atoms with Crippen molar-refractivity contribution < 1.29 is 5.11 Å². The van der Waals surface area contributed by atoms with Crippen molar-refractivity contribution in [3.63, 3.8) is 0 Å². The first-order valence-electron chi connectivity index (χ1n) is 3.24. The molecule has 0 spiro atoms. The molecule has 0 aliphatic rings. The van der Waals surface area contributed by atoms with Gasteiger partial charge in [-0.2, -0.15) is 11.8 Å². The summed E-state index contributed by atoms with van der Waals surface area (Å²) in [6.07, 6.45) is 0. The second-order valence-corrected chi connectivity index (χ2v) is 5.43. The summed E-state index contributed by atoms with van der Waals surface area (Å²) in [7, 11) is 0. The van der Waals surface area contributed by atoms with Gasteiger partial charge in [0.15, 0.2) is 0 Å². The lowest BCUT2D eigenvalue weighted by Gasteiger charge is -1.94. The van der Waals surface area contributed by atoms with Crippen molar-refractivity contribution in [3.05, 3.63) is 20.8 Å². The summed E-state index contributed by atoms with van der Waals surface area (Å²) in [6, 6.07) is 2.12. The van der Waals surface area contributed by atoms with Crippen molar-refractivity contribution in [2.45, 2.75) is 5.75 Å². The molecule has 0 amide bonds. The minimum Gasteiger partial charge on any atom is -0.396 e. The van der Waals surface area contributed by atoms with E-state index in [4.69, 9.17) is 5.11 Å². The smallest absolute Gasteiger partial charge is 0.0701 e. The molecule has 1 rings (SSSR count). The van der Waals surface area contributed by atoms with E-state index in [1.54, 1.807) is 23.1 Å². The Bertz CT molecular complexity index is 212. The summed E-state index contributed by atoms with van der Waals surface area (Å²) in [6.45, 7) is 0.274. The third kappa shape index (κ3) is 3.60. The van der Waals surface area contributed by atoms with Crippen LogP contribution >= 0.6 is 39.0 Å². The number of halogens is 1. The third-order valence-corrected chi connectivity index (χ3v) is 3.69. The summed E-state index contributed by atoms with van der Waals surface area (Å²) in [4.78, 5) is 0. The highest BCUT2D eigenvalue weighted by Crippen LogP contribution is 2.23. The number of thiophene rings is 1. The van der Waals surface area contributed by atoms with Crippen molar-refractivity contribution in [3.8, 4) is 0 Å². The Kier molecular flexibility index (Phi) is 4.52. The van der Waals surface area contributed by atoms with Crippen LogP contribution in [0.15, 0.2) is 15.2 Å². The fourth-order valence-electron chi connectivity index (χ4n) is 0.676. The average Bonchev–Trinajstić information content (AvgIpc) is 2.37. The van der Waals surface area contributed by atoms with E-state index in [9.17, 15) is 0 Å². The molecule has 0 aromatic carbocycles. The summed E-state index contributed by atoms with van der Waals surface area (Å²) in [5.41, 5.74) is 1.33. The molecule has 1 N–H and O–H groups in total. The largest absolute Gasteiger partial charge is 0.396 e. The maximum atomic E-state index is 8.52. The van der Waals surface area contributed by atoms with Crippen LogP contribution in [0, 0.1) is 0 Å². The molecule has 11 heavy (non-hydrogen) atoms. The molecule has 1 aromatic heterocycles. The van der Waals surface area contributed by atoms with Crippen molar-refractivity contribution in [1.82, 2.24) is 0 Å². The molecular formula is C7H9BrOS2. The first kappa shape index (κ1) is 9.58. The van der Waals surface area contributed by atoms with Crippen molar-refractivity contribution in [2.75, 3.05) is 12.4 Å². The van der Waals surface area contributed by atoms with Gasteiger partial charge < -0.3 is 5.11 Å². The summed E-state index contributed by atoms with van der Waals surface area (Å²) in [5.74, 6) is 1.83. The molecule has 1 heterocycles. The highest BCUT2D eigenvalue weighted by molar-refractivity contribution is 9.11. The molecule has 0 saturated heterocycles. The van der Waals surface area contributed by atoms with E-state index >= 15 is 0 Å². The van der Waals surface area contributed by atoms with E-state index in [1.807, 2.05) is 0 Å². The molecule has 0 aliphatic heterocycles. The molecule has 1 nitrogen and oxygen atoms in total. The van der Waals surface area contributed by atoms with Gasteiger partial charge >= 0.3 is 0 Å². The van der Waals surface area contributed by atoms with E-state index in [1.165, 1.54) is 9.35 Å². The van der Waals surface area contributed by atoms with Crippen LogP contribution in [0.2, 0.25) is 0 Å². The van der Waals surface area contributed by atoms with Gasteiger partial charge in [0.05, 0.1) is 10.4 Å². The topological polar surface area (TPSA) is 20.2 Å². The molecule has 0 unspecified atom stereocenters. The van der Waals surface area contributed by atoms with Gasteiger partial charge in [-0.15, -0.1) is 11.3 Å². The monoisotopic (exact) mass is 252 g/mol. The van der Waals surface area contributed by atoms with Crippen LogP contribution in [0.1, 0.15) is 5.56 Å². The van der Waals surface area contributed by atoms with E-state index in [0.29, 0.717) is 0 Å². The zero-order valence-corrected chi connectivity index (χ0v) is 9.14. The third-order valence-electron chi connectivity index (χ3n) is 1.13. The van der Waals surface area contributed by atoms with E-state index < -0.39 is 0 Å². The zero-order valence-electron chi connectivity index (χ0n) is 5.92. The van der Waals surface area contributed by atoms with Crippen LogP contribution in [0.4, 0.5) is 0 Å². The van der Waals surface area contributed by atoms with Crippen LogP contribution in [0.5, 0.6) is 0 Å². The second-order valence-electron chi connectivity index (χ2n) is 2.04. The number of thioether (sulfide) groups is 1. The number of aliphatic hydroxyl groups is 1. The Balaban J connectivity index is 2.27. The fourth-order valence-corrected chi connectivity index (χ4v) is 2.67. The van der Waals surface area contributed by atoms with Gasteiger partial charge in [0.1, 0.15) is 0 Å². The SMILES string of the molecule is OCCSCc1csc(Br)c1. The minimum atomic E-state index is 0.274. The lowest BCUT2D eigenvalue weighted by molar-refractivity contribution is 0.322.